The lowest BCUT2D eigenvalue weighted by Gasteiger charge is -2.09. The van der Waals surface area contributed by atoms with Crippen molar-refractivity contribution >= 4 is 45.8 Å². The number of benzene rings is 2. The molecule has 1 unspecified atom stereocenters. The molecule has 0 fully saturated rings. The summed E-state index contributed by atoms with van der Waals surface area (Å²) in [5.41, 5.74) is 8.00. The molecule has 1 atom stereocenters. The third-order valence-corrected chi connectivity index (χ3v) is 4.28. The molecule has 2 nitrogen and oxygen atoms in total. The zero-order chi connectivity index (χ0) is 15.0. The van der Waals surface area contributed by atoms with Crippen molar-refractivity contribution in [3.8, 4) is 0 Å². The van der Waals surface area contributed by atoms with E-state index >= 15 is 0 Å². The van der Waals surface area contributed by atoms with Crippen molar-refractivity contribution in [3.05, 3.63) is 68.9 Å². The molecular formula is C16H12Cl3NO. The lowest BCUT2D eigenvalue weighted by atomic mass is 10.0. The van der Waals surface area contributed by atoms with Crippen molar-refractivity contribution < 1.29 is 4.42 Å². The van der Waals surface area contributed by atoms with Crippen molar-refractivity contribution in [2.45, 2.75) is 12.5 Å². The maximum Gasteiger partial charge on any atom is 0.134 e. The average Bonchev–Trinajstić information content (AvgIpc) is 2.86. The van der Waals surface area contributed by atoms with Gasteiger partial charge in [-0.2, -0.15) is 0 Å². The second kappa shape index (κ2) is 5.90. The first-order chi connectivity index (χ1) is 10.0. The van der Waals surface area contributed by atoms with Crippen LogP contribution in [0.2, 0.25) is 15.1 Å². The van der Waals surface area contributed by atoms with Crippen LogP contribution >= 0.6 is 34.8 Å². The summed E-state index contributed by atoms with van der Waals surface area (Å²) >= 11 is 17.9. The highest BCUT2D eigenvalue weighted by atomic mass is 35.5. The minimum atomic E-state index is -0.256. The maximum absolute atomic E-state index is 6.21. The minimum absolute atomic E-state index is 0.256. The van der Waals surface area contributed by atoms with Crippen LogP contribution in [0, 0.1) is 0 Å². The molecule has 0 spiro atoms. The van der Waals surface area contributed by atoms with Crippen LogP contribution in [0.4, 0.5) is 0 Å². The molecular weight excluding hydrogens is 329 g/mol. The minimum Gasteiger partial charge on any atom is -0.459 e. The van der Waals surface area contributed by atoms with E-state index in [9.17, 15) is 0 Å². The largest absolute Gasteiger partial charge is 0.459 e. The molecule has 0 aliphatic carbocycles. The number of hydrogen-bond donors (Lipinski definition) is 1. The molecule has 1 aromatic heterocycles. The summed E-state index contributed by atoms with van der Waals surface area (Å²) in [7, 11) is 0. The van der Waals surface area contributed by atoms with Crippen LogP contribution in [0.5, 0.6) is 0 Å². The fourth-order valence-corrected chi connectivity index (χ4v) is 2.74. The van der Waals surface area contributed by atoms with Gasteiger partial charge in [-0.05, 0) is 48.4 Å². The molecule has 5 heteroatoms. The third-order valence-electron chi connectivity index (χ3n) is 3.30. The highest BCUT2D eigenvalue weighted by molar-refractivity contribution is 6.42. The van der Waals surface area contributed by atoms with Crippen molar-refractivity contribution in [1.29, 1.82) is 0 Å². The first-order valence-corrected chi connectivity index (χ1v) is 7.55. The third kappa shape index (κ3) is 3.19. The molecule has 0 aliphatic rings. The first-order valence-electron chi connectivity index (χ1n) is 6.41. The fourth-order valence-electron chi connectivity index (χ4n) is 2.24. The molecule has 0 bridgehead atoms. The molecule has 0 amide bonds. The summed E-state index contributed by atoms with van der Waals surface area (Å²) in [6.07, 6.45) is 0.616. The van der Waals surface area contributed by atoms with Gasteiger partial charge in [-0.1, -0.05) is 40.9 Å². The van der Waals surface area contributed by atoms with E-state index in [1.165, 1.54) is 0 Å². The summed E-state index contributed by atoms with van der Waals surface area (Å²) < 4.78 is 5.77. The summed E-state index contributed by atoms with van der Waals surface area (Å²) in [6.45, 7) is 0. The van der Waals surface area contributed by atoms with Gasteiger partial charge in [-0.25, -0.2) is 0 Å². The summed E-state index contributed by atoms with van der Waals surface area (Å²) in [4.78, 5) is 0. The smallest absolute Gasteiger partial charge is 0.134 e. The highest BCUT2D eigenvalue weighted by Crippen LogP contribution is 2.28. The Bertz CT molecular complexity index is 797. The molecule has 108 valence electrons. The van der Waals surface area contributed by atoms with E-state index in [4.69, 9.17) is 45.0 Å². The van der Waals surface area contributed by atoms with Gasteiger partial charge in [0.1, 0.15) is 11.3 Å². The Kier molecular flexibility index (Phi) is 4.14. The van der Waals surface area contributed by atoms with Gasteiger partial charge in [0.25, 0.3) is 0 Å². The van der Waals surface area contributed by atoms with Crippen molar-refractivity contribution in [3.63, 3.8) is 0 Å². The molecule has 0 aliphatic heterocycles. The number of hydrogen-bond acceptors (Lipinski definition) is 2. The van der Waals surface area contributed by atoms with E-state index in [1.807, 2.05) is 30.3 Å². The predicted octanol–water partition coefficient (Wildman–Crippen LogP) is 5.64. The van der Waals surface area contributed by atoms with E-state index in [2.05, 4.69) is 0 Å². The molecule has 0 saturated carbocycles. The van der Waals surface area contributed by atoms with Gasteiger partial charge in [0, 0.05) is 10.4 Å². The molecule has 3 aromatic rings. The van der Waals surface area contributed by atoms with Gasteiger partial charge in [0.05, 0.1) is 16.1 Å². The Labute approximate surface area is 137 Å². The Morgan fingerprint density at radius 2 is 1.76 bits per heavy atom. The van der Waals surface area contributed by atoms with Crippen LogP contribution in [0.25, 0.3) is 11.0 Å². The summed E-state index contributed by atoms with van der Waals surface area (Å²) in [5.74, 6) is 0.721. The van der Waals surface area contributed by atoms with Gasteiger partial charge in [0.2, 0.25) is 0 Å². The van der Waals surface area contributed by atoms with E-state index < -0.39 is 0 Å². The Morgan fingerprint density at radius 3 is 2.52 bits per heavy atom. The summed E-state index contributed by atoms with van der Waals surface area (Å²) in [6, 6.07) is 12.7. The highest BCUT2D eigenvalue weighted by Gasteiger charge is 2.13. The van der Waals surface area contributed by atoms with Crippen molar-refractivity contribution in [2.24, 2.45) is 5.73 Å². The molecule has 0 saturated heterocycles. The predicted molar refractivity (Wildman–Crippen MR) is 88.3 cm³/mol. The molecule has 0 radical (unpaired) electrons. The average molecular weight is 341 g/mol. The van der Waals surface area contributed by atoms with Crippen molar-refractivity contribution in [2.75, 3.05) is 0 Å². The zero-order valence-electron chi connectivity index (χ0n) is 10.9. The lowest BCUT2D eigenvalue weighted by molar-refractivity contribution is 0.494. The van der Waals surface area contributed by atoms with Gasteiger partial charge in [-0.3, -0.25) is 0 Å². The monoisotopic (exact) mass is 339 g/mol. The van der Waals surface area contributed by atoms with Crippen molar-refractivity contribution in [1.82, 2.24) is 0 Å². The lowest BCUT2D eigenvalue weighted by Crippen LogP contribution is -2.12. The van der Waals surface area contributed by atoms with Crippen LogP contribution in [0.3, 0.4) is 0 Å². The quantitative estimate of drug-likeness (QED) is 0.670. The fraction of sp³-hybridized carbons (Fsp3) is 0.125. The molecule has 2 aromatic carbocycles. The topological polar surface area (TPSA) is 39.2 Å². The second-order valence-corrected chi connectivity index (χ2v) is 6.14. The standard InChI is InChI=1S/C16H12Cl3NO/c17-11-2-4-15-10(7-11)8-16(21-15)14(20)6-9-1-3-12(18)13(19)5-9/h1-5,7-8,14H,6,20H2. The van der Waals surface area contributed by atoms with E-state index in [1.54, 1.807) is 12.1 Å². The number of halogens is 3. The van der Waals surface area contributed by atoms with E-state index in [0.717, 1.165) is 22.3 Å². The maximum atomic E-state index is 6.21. The number of furan rings is 1. The zero-order valence-corrected chi connectivity index (χ0v) is 13.2. The molecule has 2 N–H and O–H groups in total. The molecule has 3 rings (SSSR count). The van der Waals surface area contributed by atoms with Gasteiger partial charge in [-0.15, -0.1) is 0 Å². The van der Waals surface area contributed by atoms with Gasteiger partial charge >= 0.3 is 0 Å². The van der Waals surface area contributed by atoms with Crippen LogP contribution in [-0.4, -0.2) is 0 Å². The van der Waals surface area contributed by atoms with Crippen LogP contribution in [0.15, 0.2) is 46.9 Å². The Hall–Kier alpha value is -1.19. The van der Waals surface area contributed by atoms with Crippen LogP contribution in [-0.2, 0) is 6.42 Å². The van der Waals surface area contributed by atoms with E-state index in [0.29, 0.717) is 21.5 Å². The van der Waals surface area contributed by atoms with Crippen LogP contribution < -0.4 is 5.73 Å². The number of rotatable bonds is 3. The SMILES string of the molecule is NC(Cc1ccc(Cl)c(Cl)c1)c1cc2cc(Cl)ccc2o1. The van der Waals surface area contributed by atoms with Crippen LogP contribution in [0.1, 0.15) is 17.4 Å². The normalized spacial score (nSPS) is 12.8. The number of nitrogens with two attached hydrogens (primary N) is 1. The first kappa shape index (κ1) is 14.7. The van der Waals surface area contributed by atoms with Gasteiger partial charge in [0.15, 0.2) is 0 Å². The molecule has 1 heterocycles. The Balaban J connectivity index is 1.85. The summed E-state index contributed by atoms with van der Waals surface area (Å²) in [5, 5.41) is 2.68. The van der Waals surface area contributed by atoms with Gasteiger partial charge < -0.3 is 10.2 Å². The Morgan fingerprint density at radius 1 is 0.952 bits per heavy atom. The van der Waals surface area contributed by atoms with E-state index in [-0.39, 0.29) is 6.04 Å². The second-order valence-electron chi connectivity index (χ2n) is 4.89. The molecule has 21 heavy (non-hydrogen) atoms. The number of fused-ring (bicyclic) bond motifs is 1.